The summed E-state index contributed by atoms with van der Waals surface area (Å²) in [6.07, 6.45) is 3.10. The minimum atomic E-state index is 0.373. The second-order valence-electron chi connectivity index (χ2n) is 6.51. The molecule has 19 heavy (non-hydrogen) atoms. The van der Waals surface area contributed by atoms with Gasteiger partial charge in [0.25, 0.3) is 0 Å². The molecule has 2 atom stereocenters. The van der Waals surface area contributed by atoms with Gasteiger partial charge in [-0.05, 0) is 52.7 Å². The first-order valence-corrected chi connectivity index (χ1v) is 7.90. The maximum Gasteiger partial charge on any atom is 0.0826 e. The average Bonchev–Trinajstić information content (AvgIpc) is 2.39. The Hall–Kier alpha value is -0.160. The Morgan fingerprint density at radius 3 is 2.79 bits per heavy atom. The Morgan fingerprint density at radius 2 is 2.05 bits per heavy atom. The van der Waals surface area contributed by atoms with Gasteiger partial charge in [0.05, 0.1) is 12.7 Å². The largest absolute Gasteiger partial charge is 0.374 e. The number of nitrogens with zero attached hydrogens (tertiary/aromatic N) is 2. The van der Waals surface area contributed by atoms with E-state index in [1.807, 2.05) is 0 Å². The molecular formula is C15H31N3O. The lowest BCUT2D eigenvalue weighted by molar-refractivity contribution is -0.0375. The van der Waals surface area contributed by atoms with Crippen molar-refractivity contribution in [1.29, 1.82) is 0 Å². The average molecular weight is 269 g/mol. The molecule has 2 saturated heterocycles. The number of hydrogen-bond acceptors (Lipinski definition) is 4. The maximum atomic E-state index is 5.85. The molecule has 2 rings (SSSR count). The van der Waals surface area contributed by atoms with E-state index in [-0.39, 0.29) is 0 Å². The molecule has 0 bridgehead atoms. The quantitative estimate of drug-likeness (QED) is 0.807. The van der Waals surface area contributed by atoms with Gasteiger partial charge in [-0.25, -0.2) is 0 Å². The molecule has 2 aliphatic rings. The molecule has 4 nitrogen and oxygen atoms in total. The van der Waals surface area contributed by atoms with Gasteiger partial charge in [-0.15, -0.1) is 0 Å². The van der Waals surface area contributed by atoms with E-state index in [9.17, 15) is 0 Å². The third-order valence-electron chi connectivity index (χ3n) is 4.43. The van der Waals surface area contributed by atoms with E-state index in [0.717, 1.165) is 38.7 Å². The van der Waals surface area contributed by atoms with E-state index >= 15 is 0 Å². The molecule has 0 amide bonds. The highest BCUT2D eigenvalue weighted by molar-refractivity contribution is 4.77. The number of likely N-dealkylation sites (tertiary alicyclic amines) is 1. The zero-order valence-electron chi connectivity index (χ0n) is 12.9. The summed E-state index contributed by atoms with van der Waals surface area (Å²) in [5.41, 5.74) is 0. The van der Waals surface area contributed by atoms with Gasteiger partial charge in [0, 0.05) is 32.2 Å². The fraction of sp³-hybridized carbons (Fsp3) is 1.00. The van der Waals surface area contributed by atoms with Gasteiger partial charge in [-0.2, -0.15) is 0 Å². The topological polar surface area (TPSA) is 27.7 Å². The van der Waals surface area contributed by atoms with Crippen LogP contribution in [0.15, 0.2) is 0 Å². The van der Waals surface area contributed by atoms with Gasteiger partial charge < -0.3 is 15.0 Å². The third kappa shape index (κ3) is 5.03. The Morgan fingerprint density at radius 1 is 1.21 bits per heavy atom. The lowest BCUT2D eigenvalue weighted by atomic mass is 9.98. The van der Waals surface area contributed by atoms with Crippen molar-refractivity contribution < 1.29 is 4.74 Å². The molecule has 2 aliphatic heterocycles. The van der Waals surface area contributed by atoms with Crippen molar-refractivity contribution in [3.8, 4) is 0 Å². The molecule has 2 heterocycles. The van der Waals surface area contributed by atoms with E-state index in [2.05, 4.69) is 36.0 Å². The second kappa shape index (κ2) is 7.58. The minimum absolute atomic E-state index is 0.373. The molecule has 0 saturated carbocycles. The van der Waals surface area contributed by atoms with Crippen LogP contribution in [0.1, 0.15) is 26.7 Å². The smallest absolute Gasteiger partial charge is 0.0826 e. The van der Waals surface area contributed by atoms with E-state index in [1.165, 1.54) is 25.9 Å². The lowest BCUT2D eigenvalue weighted by Gasteiger charge is -2.36. The Balaban J connectivity index is 1.62. The Labute approximate surface area is 118 Å². The number of hydrogen-bond donors (Lipinski definition) is 1. The van der Waals surface area contributed by atoms with E-state index < -0.39 is 0 Å². The van der Waals surface area contributed by atoms with Gasteiger partial charge in [-0.1, -0.05) is 0 Å². The number of morpholine rings is 1. The summed E-state index contributed by atoms with van der Waals surface area (Å²) >= 11 is 0. The molecule has 0 aromatic rings. The van der Waals surface area contributed by atoms with Gasteiger partial charge in [0.1, 0.15) is 0 Å². The number of rotatable bonds is 5. The summed E-state index contributed by atoms with van der Waals surface area (Å²) in [7, 11) is 2.23. The summed E-state index contributed by atoms with van der Waals surface area (Å²) in [6, 6.07) is 0.637. The molecule has 2 fully saturated rings. The summed E-state index contributed by atoms with van der Waals surface area (Å²) in [4.78, 5) is 4.97. The molecule has 0 spiro atoms. The van der Waals surface area contributed by atoms with Crippen molar-refractivity contribution in [2.75, 3.05) is 52.9 Å². The molecular weight excluding hydrogens is 238 g/mol. The van der Waals surface area contributed by atoms with Crippen molar-refractivity contribution in [2.45, 2.75) is 38.8 Å². The first-order valence-electron chi connectivity index (χ1n) is 7.90. The van der Waals surface area contributed by atoms with Crippen LogP contribution in [-0.2, 0) is 4.74 Å². The number of nitrogens with one attached hydrogen (secondary N) is 1. The van der Waals surface area contributed by atoms with Gasteiger partial charge in [0.15, 0.2) is 0 Å². The molecule has 0 radical (unpaired) electrons. The van der Waals surface area contributed by atoms with E-state index in [4.69, 9.17) is 4.74 Å². The second-order valence-corrected chi connectivity index (χ2v) is 6.51. The SMILES string of the molecule is CC(C)N1CCOC(CNCC2CCCN(C)C2)C1. The van der Waals surface area contributed by atoms with Crippen LogP contribution in [0.2, 0.25) is 0 Å². The number of piperidine rings is 1. The standard InChI is InChI=1S/C15H31N3O/c1-13(2)18-7-8-19-15(12-18)10-16-9-14-5-4-6-17(3)11-14/h13-16H,4-12H2,1-3H3. The fourth-order valence-electron chi connectivity index (χ4n) is 3.22. The summed E-state index contributed by atoms with van der Waals surface area (Å²) < 4.78 is 5.85. The van der Waals surface area contributed by atoms with Crippen LogP contribution < -0.4 is 5.32 Å². The molecule has 0 aromatic carbocycles. The van der Waals surface area contributed by atoms with Crippen molar-refractivity contribution in [2.24, 2.45) is 5.92 Å². The maximum absolute atomic E-state index is 5.85. The first-order chi connectivity index (χ1) is 9.15. The van der Waals surface area contributed by atoms with Crippen molar-refractivity contribution >= 4 is 0 Å². The molecule has 2 unspecified atom stereocenters. The Kier molecular flexibility index (Phi) is 6.07. The van der Waals surface area contributed by atoms with Crippen LogP contribution in [0.3, 0.4) is 0 Å². The predicted molar refractivity (Wildman–Crippen MR) is 79.5 cm³/mol. The van der Waals surface area contributed by atoms with Crippen LogP contribution >= 0.6 is 0 Å². The first kappa shape index (κ1) is 15.2. The summed E-state index contributed by atoms with van der Waals surface area (Å²) in [5, 5.41) is 3.63. The Bertz CT molecular complexity index is 260. The highest BCUT2D eigenvalue weighted by Crippen LogP contribution is 2.14. The highest BCUT2D eigenvalue weighted by Gasteiger charge is 2.22. The molecule has 0 aromatic heterocycles. The van der Waals surface area contributed by atoms with E-state index in [0.29, 0.717) is 12.1 Å². The van der Waals surface area contributed by atoms with Crippen LogP contribution in [0.5, 0.6) is 0 Å². The zero-order valence-corrected chi connectivity index (χ0v) is 12.9. The van der Waals surface area contributed by atoms with Crippen LogP contribution in [0.25, 0.3) is 0 Å². The van der Waals surface area contributed by atoms with Crippen molar-refractivity contribution in [3.63, 3.8) is 0 Å². The number of ether oxygens (including phenoxy) is 1. The monoisotopic (exact) mass is 269 g/mol. The van der Waals surface area contributed by atoms with Crippen LogP contribution in [0, 0.1) is 5.92 Å². The summed E-state index contributed by atoms with van der Waals surface area (Å²) in [5.74, 6) is 0.823. The summed E-state index contributed by atoms with van der Waals surface area (Å²) in [6.45, 7) is 12.3. The van der Waals surface area contributed by atoms with Crippen molar-refractivity contribution in [3.05, 3.63) is 0 Å². The minimum Gasteiger partial charge on any atom is -0.374 e. The molecule has 4 heteroatoms. The molecule has 112 valence electrons. The third-order valence-corrected chi connectivity index (χ3v) is 4.43. The highest BCUT2D eigenvalue weighted by atomic mass is 16.5. The van der Waals surface area contributed by atoms with Crippen molar-refractivity contribution in [1.82, 2.24) is 15.1 Å². The van der Waals surface area contributed by atoms with Crippen LogP contribution in [-0.4, -0.2) is 74.9 Å². The van der Waals surface area contributed by atoms with Gasteiger partial charge in [-0.3, -0.25) is 4.90 Å². The van der Waals surface area contributed by atoms with Gasteiger partial charge in [0.2, 0.25) is 0 Å². The lowest BCUT2D eigenvalue weighted by Crippen LogP contribution is -2.49. The van der Waals surface area contributed by atoms with Gasteiger partial charge >= 0.3 is 0 Å². The predicted octanol–water partition coefficient (Wildman–Crippen LogP) is 1.03. The zero-order chi connectivity index (χ0) is 13.7. The molecule has 0 aliphatic carbocycles. The fourth-order valence-corrected chi connectivity index (χ4v) is 3.22. The normalized spacial score (nSPS) is 30.9. The van der Waals surface area contributed by atoms with E-state index in [1.54, 1.807) is 0 Å². The van der Waals surface area contributed by atoms with Crippen LogP contribution in [0.4, 0.5) is 0 Å². The molecule has 1 N–H and O–H groups in total.